The molecule has 0 atom stereocenters. The summed E-state index contributed by atoms with van der Waals surface area (Å²) < 4.78 is 5.11. The van der Waals surface area contributed by atoms with Gasteiger partial charge in [0.15, 0.2) is 0 Å². The molecule has 1 aromatic carbocycles. The third-order valence-corrected chi connectivity index (χ3v) is 5.63. The number of fused-ring (bicyclic) bond motifs is 1. The zero-order valence-corrected chi connectivity index (χ0v) is 16.6. The molecule has 2 aromatic rings. The molecule has 0 unspecified atom stereocenters. The van der Waals surface area contributed by atoms with Crippen molar-refractivity contribution in [2.45, 2.75) is 45.1 Å². The normalized spacial score (nSPS) is 18.3. The van der Waals surface area contributed by atoms with Crippen molar-refractivity contribution in [1.29, 1.82) is 0 Å². The van der Waals surface area contributed by atoms with Gasteiger partial charge in [-0.05, 0) is 31.9 Å². The lowest BCUT2D eigenvalue weighted by molar-refractivity contribution is 0.105. The van der Waals surface area contributed by atoms with Gasteiger partial charge in [0.05, 0.1) is 12.1 Å². The van der Waals surface area contributed by atoms with E-state index in [1.165, 1.54) is 32.1 Å². The van der Waals surface area contributed by atoms with Crippen molar-refractivity contribution in [3.05, 3.63) is 24.3 Å². The number of benzene rings is 1. The lowest BCUT2D eigenvalue weighted by Gasteiger charge is -2.34. The van der Waals surface area contributed by atoms with Crippen molar-refractivity contribution >= 4 is 28.8 Å². The van der Waals surface area contributed by atoms with Gasteiger partial charge >= 0.3 is 6.09 Å². The lowest BCUT2D eigenvalue weighted by atomic mass is 9.95. The van der Waals surface area contributed by atoms with Crippen molar-refractivity contribution in [2.24, 2.45) is 0 Å². The van der Waals surface area contributed by atoms with Gasteiger partial charge in [0.2, 0.25) is 5.95 Å². The van der Waals surface area contributed by atoms with Crippen LogP contribution in [0.5, 0.6) is 0 Å². The largest absolute Gasteiger partial charge is 0.450 e. The van der Waals surface area contributed by atoms with Crippen LogP contribution in [0.2, 0.25) is 0 Å². The number of nitrogens with zero attached hydrogens (tertiary/aromatic N) is 4. The molecule has 28 heavy (non-hydrogen) atoms. The molecular formula is C21H29N5O2. The SMILES string of the molecule is CCOC(=O)N1CCN(c2nc(NC3CCCCC3)c3ccccc3n2)CC1. The summed E-state index contributed by atoms with van der Waals surface area (Å²) in [6.07, 6.45) is 6.06. The van der Waals surface area contributed by atoms with Gasteiger partial charge in [0.1, 0.15) is 5.82 Å². The quantitative estimate of drug-likeness (QED) is 0.869. The molecule has 150 valence electrons. The summed E-state index contributed by atoms with van der Waals surface area (Å²) >= 11 is 0. The van der Waals surface area contributed by atoms with E-state index in [1.54, 1.807) is 4.90 Å². The van der Waals surface area contributed by atoms with Gasteiger partial charge in [-0.2, -0.15) is 4.98 Å². The highest BCUT2D eigenvalue weighted by atomic mass is 16.6. The molecule has 1 aromatic heterocycles. The summed E-state index contributed by atoms with van der Waals surface area (Å²) in [6.45, 7) is 4.90. The number of carbonyl (C=O) groups excluding carboxylic acids is 1. The Bertz CT molecular complexity index is 814. The van der Waals surface area contributed by atoms with Crippen molar-refractivity contribution in [3.63, 3.8) is 0 Å². The highest BCUT2D eigenvalue weighted by molar-refractivity contribution is 5.90. The van der Waals surface area contributed by atoms with E-state index in [4.69, 9.17) is 14.7 Å². The third-order valence-electron chi connectivity index (χ3n) is 5.63. The molecule has 1 amide bonds. The Labute approximate surface area is 166 Å². The first-order valence-electron chi connectivity index (χ1n) is 10.4. The minimum absolute atomic E-state index is 0.235. The molecule has 1 N–H and O–H groups in total. The van der Waals surface area contributed by atoms with Crippen LogP contribution in [-0.2, 0) is 4.74 Å². The Balaban J connectivity index is 1.53. The second kappa shape index (κ2) is 8.63. The molecule has 2 fully saturated rings. The van der Waals surface area contributed by atoms with E-state index in [-0.39, 0.29) is 6.09 Å². The standard InChI is InChI=1S/C21H29N5O2/c1-2-28-21(27)26-14-12-25(13-15-26)20-23-18-11-7-6-10-17(18)19(24-20)22-16-8-4-3-5-9-16/h6-7,10-11,16H,2-5,8-9,12-15H2,1H3,(H,22,23,24). The van der Waals surface area contributed by atoms with Gasteiger partial charge in [-0.25, -0.2) is 9.78 Å². The Hall–Kier alpha value is -2.57. The van der Waals surface area contributed by atoms with Crippen LogP contribution in [0.1, 0.15) is 39.0 Å². The van der Waals surface area contributed by atoms with E-state index in [1.807, 2.05) is 25.1 Å². The van der Waals surface area contributed by atoms with Gasteiger partial charge in [0.25, 0.3) is 0 Å². The second-order valence-corrected chi connectivity index (χ2v) is 7.54. The number of para-hydroxylation sites is 1. The van der Waals surface area contributed by atoms with Crippen LogP contribution in [0.3, 0.4) is 0 Å². The van der Waals surface area contributed by atoms with E-state index in [2.05, 4.69) is 16.3 Å². The topological polar surface area (TPSA) is 70.6 Å². The van der Waals surface area contributed by atoms with E-state index in [9.17, 15) is 4.79 Å². The summed E-state index contributed by atoms with van der Waals surface area (Å²) in [6, 6.07) is 8.67. The maximum absolute atomic E-state index is 11.9. The van der Waals surface area contributed by atoms with Crippen molar-refractivity contribution in [1.82, 2.24) is 14.9 Å². The summed E-state index contributed by atoms with van der Waals surface area (Å²) in [5.41, 5.74) is 0.957. The zero-order valence-electron chi connectivity index (χ0n) is 16.6. The fraction of sp³-hybridized carbons (Fsp3) is 0.571. The number of rotatable bonds is 4. The molecule has 0 spiro atoms. The fourth-order valence-electron chi connectivity index (χ4n) is 4.06. The van der Waals surface area contributed by atoms with Crippen LogP contribution in [0.25, 0.3) is 10.9 Å². The van der Waals surface area contributed by atoms with Crippen LogP contribution in [-0.4, -0.2) is 59.8 Å². The molecule has 1 saturated heterocycles. The van der Waals surface area contributed by atoms with Crippen molar-refractivity contribution < 1.29 is 9.53 Å². The van der Waals surface area contributed by atoms with E-state index in [0.717, 1.165) is 22.7 Å². The number of ether oxygens (including phenoxy) is 1. The van der Waals surface area contributed by atoms with Gasteiger partial charge < -0.3 is 19.9 Å². The first kappa shape index (κ1) is 18.8. The number of piperazine rings is 1. The molecule has 1 aliphatic heterocycles. The molecular weight excluding hydrogens is 354 g/mol. The maximum atomic E-state index is 11.9. The molecule has 2 heterocycles. The molecule has 0 bridgehead atoms. The maximum Gasteiger partial charge on any atom is 0.409 e. The Morgan fingerprint density at radius 2 is 1.86 bits per heavy atom. The number of nitrogens with one attached hydrogen (secondary N) is 1. The molecule has 2 aliphatic rings. The molecule has 1 aliphatic carbocycles. The number of hydrogen-bond acceptors (Lipinski definition) is 6. The van der Waals surface area contributed by atoms with Crippen molar-refractivity contribution in [3.8, 4) is 0 Å². The Kier molecular flexibility index (Phi) is 5.78. The summed E-state index contributed by atoms with van der Waals surface area (Å²) in [7, 11) is 0. The van der Waals surface area contributed by atoms with E-state index >= 15 is 0 Å². The smallest absolute Gasteiger partial charge is 0.409 e. The minimum Gasteiger partial charge on any atom is -0.450 e. The summed E-state index contributed by atoms with van der Waals surface area (Å²) in [4.78, 5) is 25.5. The minimum atomic E-state index is -0.235. The summed E-state index contributed by atoms with van der Waals surface area (Å²) in [5.74, 6) is 1.67. The number of amides is 1. The zero-order chi connectivity index (χ0) is 19.3. The van der Waals surface area contributed by atoms with Crippen LogP contribution >= 0.6 is 0 Å². The van der Waals surface area contributed by atoms with Gasteiger partial charge in [-0.3, -0.25) is 0 Å². The average molecular weight is 383 g/mol. The monoisotopic (exact) mass is 383 g/mol. The molecule has 0 radical (unpaired) electrons. The van der Waals surface area contributed by atoms with Crippen LogP contribution < -0.4 is 10.2 Å². The van der Waals surface area contributed by atoms with E-state index in [0.29, 0.717) is 38.8 Å². The first-order valence-corrected chi connectivity index (χ1v) is 10.4. The number of hydrogen-bond donors (Lipinski definition) is 1. The van der Waals surface area contributed by atoms with Crippen LogP contribution in [0.15, 0.2) is 24.3 Å². The van der Waals surface area contributed by atoms with Gasteiger partial charge in [0, 0.05) is 37.6 Å². The highest BCUT2D eigenvalue weighted by Crippen LogP contribution is 2.27. The predicted molar refractivity (Wildman–Crippen MR) is 111 cm³/mol. The number of anilines is 2. The van der Waals surface area contributed by atoms with Gasteiger partial charge in [-0.1, -0.05) is 31.4 Å². The summed E-state index contributed by atoms with van der Waals surface area (Å²) in [5, 5.41) is 4.76. The average Bonchev–Trinajstić information content (AvgIpc) is 2.75. The van der Waals surface area contributed by atoms with Crippen molar-refractivity contribution in [2.75, 3.05) is 43.0 Å². The van der Waals surface area contributed by atoms with E-state index < -0.39 is 0 Å². The lowest BCUT2D eigenvalue weighted by Crippen LogP contribution is -2.49. The third kappa shape index (κ3) is 4.13. The predicted octanol–water partition coefficient (Wildman–Crippen LogP) is 3.65. The molecule has 7 heteroatoms. The Morgan fingerprint density at radius 1 is 1.11 bits per heavy atom. The van der Waals surface area contributed by atoms with Crippen LogP contribution in [0.4, 0.5) is 16.6 Å². The highest BCUT2D eigenvalue weighted by Gasteiger charge is 2.24. The molecule has 7 nitrogen and oxygen atoms in total. The Morgan fingerprint density at radius 3 is 2.61 bits per heavy atom. The second-order valence-electron chi connectivity index (χ2n) is 7.54. The molecule has 1 saturated carbocycles. The number of carbonyl (C=O) groups is 1. The van der Waals surface area contributed by atoms with Gasteiger partial charge in [-0.15, -0.1) is 0 Å². The first-order chi connectivity index (χ1) is 13.7. The number of aromatic nitrogens is 2. The van der Waals surface area contributed by atoms with Crippen LogP contribution in [0, 0.1) is 0 Å². The molecule has 4 rings (SSSR count). The fourth-order valence-corrected chi connectivity index (χ4v) is 4.06.